The van der Waals surface area contributed by atoms with Crippen molar-refractivity contribution in [3.8, 4) is 17.2 Å². The standard InChI is InChI=1S/C24H32N2O3.2ClH/c1-16-22(28-4)11-8-18(24(16)29-5)13-26-14-19-12-25(2)23(21(19)15-26)17-6-9-20(27-3)10-7-17;;/h6-11,19,21,23H,12-15H2,1-5H3;2*1H/t19-,21+,23-;;/m0../s1. The molecule has 0 aromatic heterocycles. The predicted molar refractivity (Wildman–Crippen MR) is 129 cm³/mol. The van der Waals surface area contributed by atoms with E-state index in [-0.39, 0.29) is 24.8 Å². The largest absolute Gasteiger partial charge is 0.497 e. The lowest BCUT2D eigenvalue weighted by Gasteiger charge is -2.27. The Hall–Kier alpha value is -1.66. The summed E-state index contributed by atoms with van der Waals surface area (Å²) in [5.41, 5.74) is 3.70. The van der Waals surface area contributed by atoms with Crippen LogP contribution in [0.4, 0.5) is 0 Å². The summed E-state index contributed by atoms with van der Waals surface area (Å²) >= 11 is 0. The van der Waals surface area contributed by atoms with E-state index >= 15 is 0 Å². The first-order valence-corrected chi connectivity index (χ1v) is 10.3. The smallest absolute Gasteiger partial charge is 0.129 e. The molecule has 3 atom stereocenters. The third-order valence-corrected chi connectivity index (χ3v) is 6.68. The van der Waals surface area contributed by atoms with Gasteiger partial charge in [-0.2, -0.15) is 0 Å². The van der Waals surface area contributed by atoms with Gasteiger partial charge in [0.15, 0.2) is 0 Å². The summed E-state index contributed by atoms with van der Waals surface area (Å²) in [5, 5.41) is 0. The number of rotatable bonds is 6. The average Bonchev–Trinajstić information content (AvgIpc) is 3.24. The van der Waals surface area contributed by atoms with E-state index in [4.69, 9.17) is 14.2 Å². The van der Waals surface area contributed by atoms with Crippen molar-refractivity contribution in [1.82, 2.24) is 9.80 Å². The second kappa shape index (κ2) is 10.8. The molecule has 0 amide bonds. The number of hydrogen-bond acceptors (Lipinski definition) is 5. The number of halogens is 2. The third-order valence-electron chi connectivity index (χ3n) is 6.68. The van der Waals surface area contributed by atoms with Crippen LogP contribution in [0.3, 0.4) is 0 Å². The molecule has 0 unspecified atom stereocenters. The average molecular weight is 469 g/mol. The maximum absolute atomic E-state index is 5.73. The Labute approximate surface area is 198 Å². The zero-order chi connectivity index (χ0) is 20.5. The van der Waals surface area contributed by atoms with E-state index in [9.17, 15) is 0 Å². The Kier molecular flexibility index (Phi) is 8.90. The quantitative estimate of drug-likeness (QED) is 0.618. The lowest BCUT2D eigenvalue weighted by Crippen LogP contribution is -2.29. The molecule has 2 fully saturated rings. The summed E-state index contributed by atoms with van der Waals surface area (Å²) in [6, 6.07) is 13.3. The van der Waals surface area contributed by atoms with Crippen LogP contribution < -0.4 is 14.2 Å². The Morgan fingerprint density at radius 2 is 1.58 bits per heavy atom. The van der Waals surface area contributed by atoms with Gasteiger partial charge in [0.05, 0.1) is 21.3 Å². The summed E-state index contributed by atoms with van der Waals surface area (Å²) in [4.78, 5) is 5.11. The van der Waals surface area contributed by atoms with Gasteiger partial charge in [0, 0.05) is 43.3 Å². The second-order valence-corrected chi connectivity index (χ2v) is 8.36. The van der Waals surface area contributed by atoms with Crippen LogP contribution in [-0.2, 0) is 6.54 Å². The highest BCUT2D eigenvalue weighted by molar-refractivity contribution is 5.85. The Morgan fingerprint density at radius 3 is 2.19 bits per heavy atom. The molecule has 0 radical (unpaired) electrons. The molecule has 0 spiro atoms. The maximum Gasteiger partial charge on any atom is 0.129 e. The molecular formula is C24H34Cl2N2O3. The van der Waals surface area contributed by atoms with Crippen molar-refractivity contribution in [2.24, 2.45) is 11.8 Å². The fourth-order valence-electron chi connectivity index (χ4n) is 5.38. The molecule has 0 saturated carbocycles. The molecule has 0 bridgehead atoms. The number of likely N-dealkylation sites (tertiary alicyclic amines) is 2. The van der Waals surface area contributed by atoms with Gasteiger partial charge in [-0.1, -0.05) is 18.2 Å². The fraction of sp³-hybridized carbons (Fsp3) is 0.500. The number of ether oxygens (including phenoxy) is 3. The number of benzene rings is 2. The lowest BCUT2D eigenvalue weighted by molar-refractivity contribution is 0.223. The Balaban J connectivity index is 0.00000171. The fourth-order valence-corrected chi connectivity index (χ4v) is 5.38. The van der Waals surface area contributed by atoms with E-state index in [0.717, 1.165) is 49.0 Å². The molecule has 7 heteroatoms. The van der Waals surface area contributed by atoms with Crippen molar-refractivity contribution in [2.45, 2.75) is 19.5 Å². The highest BCUT2D eigenvalue weighted by atomic mass is 35.5. The van der Waals surface area contributed by atoms with Crippen molar-refractivity contribution < 1.29 is 14.2 Å². The first-order chi connectivity index (χ1) is 14.0. The Bertz CT molecular complexity index is 863. The molecule has 0 aliphatic carbocycles. The SMILES string of the molecule is COc1ccc([C@H]2[C@@H]3CN(Cc4ccc(OC)c(C)c4OC)C[C@@H]3CN2C)cc1.Cl.Cl. The minimum absolute atomic E-state index is 0. The van der Waals surface area contributed by atoms with E-state index in [0.29, 0.717) is 17.9 Å². The summed E-state index contributed by atoms with van der Waals surface area (Å²) in [5.74, 6) is 4.10. The topological polar surface area (TPSA) is 34.2 Å². The van der Waals surface area contributed by atoms with Crippen molar-refractivity contribution in [1.29, 1.82) is 0 Å². The minimum Gasteiger partial charge on any atom is -0.497 e. The number of hydrogen-bond donors (Lipinski definition) is 0. The monoisotopic (exact) mass is 468 g/mol. The van der Waals surface area contributed by atoms with Gasteiger partial charge in [-0.15, -0.1) is 24.8 Å². The molecule has 2 aliphatic heterocycles. The molecule has 31 heavy (non-hydrogen) atoms. The normalized spacial score (nSPS) is 22.9. The molecule has 2 heterocycles. The Morgan fingerprint density at radius 1 is 0.871 bits per heavy atom. The maximum atomic E-state index is 5.73. The number of methoxy groups -OCH3 is 3. The van der Waals surface area contributed by atoms with Crippen molar-refractivity contribution in [3.63, 3.8) is 0 Å². The summed E-state index contributed by atoms with van der Waals surface area (Å²) in [6.07, 6.45) is 0. The first-order valence-electron chi connectivity index (χ1n) is 10.3. The highest BCUT2D eigenvalue weighted by Crippen LogP contribution is 2.45. The van der Waals surface area contributed by atoms with E-state index in [1.165, 1.54) is 11.1 Å². The number of fused-ring (bicyclic) bond motifs is 1. The van der Waals surface area contributed by atoms with Crippen molar-refractivity contribution in [3.05, 3.63) is 53.1 Å². The molecule has 2 aliphatic rings. The van der Waals surface area contributed by atoms with Gasteiger partial charge in [-0.3, -0.25) is 9.80 Å². The van der Waals surface area contributed by atoms with Crippen molar-refractivity contribution in [2.75, 3.05) is 48.0 Å². The second-order valence-electron chi connectivity index (χ2n) is 8.36. The van der Waals surface area contributed by atoms with Crippen molar-refractivity contribution >= 4 is 24.8 Å². The van der Waals surface area contributed by atoms with E-state index in [2.05, 4.69) is 60.2 Å². The summed E-state index contributed by atoms with van der Waals surface area (Å²) in [6.45, 7) is 6.38. The highest BCUT2D eigenvalue weighted by Gasteiger charge is 2.46. The van der Waals surface area contributed by atoms with Gasteiger partial charge in [0.25, 0.3) is 0 Å². The van der Waals surface area contributed by atoms with Gasteiger partial charge < -0.3 is 14.2 Å². The van der Waals surface area contributed by atoms with Gasteiger partial charge in [0.2, 0.25) is 0 Å². The van der Waals surface area contributed by atoms with Crippen LogP contribution in [0.5, 0.6) is 17.2 Å². The lowest BCUT2D eigenvalue weighted by atomic mass is 9.89. The van der Waals surface area contributed by atoms with E-state index < -0.39 is 0 Å². The van der Waals surface area contributed by atoms with Crippen LogP contribution in [-0.4, -0.2) is 57.8 Å². The number of nitrogens with zero attached hydrogens (tertiary/aromatic N) is 2. The van der Waals surface area contributed by atoms with Crippen LogP contribution in [0.1, 0.15) is 22.7 Å². The molecule has 4 rings (SSSR count). The van der Waals surface area contributed by atoms with Crippen LogP contribution in [0.15, 0.2) is 36.4 Å². The first kappa shape index (κ1) is 25.6. The van der Waals surface area contributed by atoms with Gasteiger partial charge in [-0.25, -0.2) is 0 Å². The van der Waals surface area contributed by atoms with Gasteiger partial charge in [0.1, 0.15) is 17.2 Å². The van der Waals surface area contributed by atoms with Crippen LogP contribution in [0.25, 0.3) is 0 Å². The molecule has 2 saturated heterocycles. The molecule has 172 valence electrons. The van der Waals surface area contributed by atoms with E-state index in [1.54, 1.807) is 21.3 Å². The van der Waals surface area contributed by atoms with Gasteiger partial charge in [-0.05, 0) is 49.6 Å². The molecule has 2 aromatic carbocycles. The van der Waals surface area contributed by atoms with E-state index in [1.807, 2.05) is 0 Å². The van der Waals surface area contributed by atoms with Crippen LogP contribution in [0.2, 0.25) is 0 Å². The van der Waals surface area contributed by atoms with Crippen LogP contribution >= 0.6 is 24.8 Å². The summed E-state index contributed by atoms with van der Waals surface area (Å²) in [7, 11) is 7.43. The molecule has 2 aromatic rings. The third kappa shape index (κ3) is 4.90. The summed E-state index contributed by atoms with van der Waals surface area (Å²) < 4.78 is 16.5. The zero-order valence-corrected chi connectivity index (χ0v) is 20.6. The predicted octanol–water partition coefficient (Wildman–Crippen LogP) is 4.60. The molecular weight excluding hydrogens is 435 g/mol. The van der Waals surface area contributed by atoms with Gasteiger partial charge >= 0.3 is 0 Å². The zero-order valence-electron chi connectivity index (χ0n) is 19.0. The molecule has 0 N–H and O–H groups in total. The molecule has 5 nitrogen and oxygen atoms in total. The van der Waals surface area contributed by atoms with Crippen LogP contribution in [0, 0.1) is 18.8 Å². The minimum atomic E-state index is 0.